The predicted octanol–water partition coefficient (Wildman–Crippen LogP) is 2.11. The molecule has 0 unspecified atom stereocenters. The molecule has 4 nitrogen and oxygen atoms in total. The summed E-state index contributed by atoms with van der Waals surface area (Å²) in [4.78, 5) is 4.25. The Labute approximate surface area is 95.1 Å². The maximum absolute atomic E-state index is 5.54. The largest absolute Gasteiger partial charge is 0.326 e. The topological polar surface area (TPSA) is 55.9 Å². The second-order valence-electron chi connectivity index (χ2n) is 3.56. The van der Waals surface area contributed by atoms with E-state index in [0.717, 1.165) is 23.7 Å². The van der Waals surface area contributed by atoms with Gasteiger partial charge in [-0.1, -0.05) is 12.1 Å². The van der Waals surface area contributed by atoms with E-state index < -0.39 is 0 Å². The molecule has 0 aliphatic heterocycles. The lowest BCUT2D eigenvalue weighted by Gasteiger charge is -2.08. The SMILES string of the molecule is CCn1ccnc1Nc1ccc(CN)cc1. The van der Waals surface area contributed by atoms with Gasteiger partial charge in [-0.05, 0) is 24.6 Å². The Hall–Kier alpha value is -1.81. The summed E-state index contributed by atoms with van der Waals surface area (Å²) in [5.74, 6) is 0.864. The maximum Gasteiger partial charge on any atom is 0.207 e. The zero-order chi connectivity index (χ0) is 11.4. The first kappa shape index (κ1) is 10.7. The molecule has 4 heteroatoms. The van der Waals surface area contributed by atoms with E-state index in [4.69, 9.17) is 5.73 Å². The van der Waals surface area contributed by atoms with E-state index in [1.807, 2.05) is 30.5 Å². The number of imidazole rings is 1. The fourth-order valence-corrected chi connectivity index (χ4v) is 1.54. The van der Waals surface area contributed by atoms with Crippen LogP contribution in [0.2, 0.25) is 0 Å². The molecule has 3 N–H and O–H groups in total. The first-order valence-electron chi connectivity index (χ1n) is 5.40. The Balaban J connectivity index is 2.14. The second kappa shape index (κ2) is 4.81. The lowest BCUT2D eigenvalue weighted by Crippen LogP contribution is -2.01. The minimum absolute atomic E-state index is 0.573. The van der Waals surface area contributed by atoms with Crippen LogP contribution < -0.4 is 11.1 Å². The Kier molecular flexibility index (Phi) is 3.22. The van der Waals surface area contributed by atoms with Gasteiger partial charge in [0.1, 0.15) is 0 Å². The molecule has 0 saturated carbocycles. The molecule has 0 bridgehead atoms. The van der Waals surface area contributed by atoms with Gasteiger partial charge in [0.25, 0.3) is 0 Å². The zero-order valence-electron chi connectivity index (χ0n) is 9.35. The third kappa shape index (κ3) is 2.23. The molecule has 1 aromatic carbocycles. The van der Waals surface area contributed by atoms with Crippen molar-refractivity contribution in [1.82, 2.24) is 9.55 Å². The van der Waals surface area contributed by atoms with Crippen LogP contribution in [-0.2, 0) is 13.1 Å². The molecule has 0 amide bonds. The summed E-state index contributed by atoms with van der Waals surface area (Å²) in [6, 6.07) is 8.05. The second-order valence-corrected chi connectivity index (χ2v) is 3.56. The number of rotatable bonds is 4. The molecule has 84 valence electrons. The Morgan fingerprint density at radius 2 is 2.06 bits per heavy atom. The summed E-state index contributed by atoms with van der Waals surface area (Å²) in [7, 11) is 0. The predicted molar refractivity (Wildman–Crippen MR) is 65.5 cm³/mol. The monoisotopic (exact) mass is 216 g/mol. The molecular weight excluding hydrogens is 200 g/mol. The molecule has 0 aliphatic carbocycles. The van der Waals surface area contributed by atoms with Gasteiger partial charge in [0.2, 0.25) is 5.95 Å². The fourth-order valence-electron chi connectivity index (χ4n) is 1.54. The average molecular weight is 216 g/mol. The van der Waals surface area contributed by atoms with Gasteiger partial charge in [0.05, 0.1) is 0 Å². The molecule has 1 heterocycles. The number of nitrogens with zero attached hydrogens (tertiary/aromatic N) is 2. The van der Waals surface area contributed by atoms with Crippen LogP contribution in [0.4, 0.5) is 11.6 Å². The van der Waals surface area contributed by atoms with Gasteiger partial charge < -0.3 is 15.6 Å². The van der Waals surface area contributed by atoms with Crippen molar-refractivity contribution in [2.24, 2.45) is 5.73 Å². The minimum atomic E-state index is 0.573. The van der Waals surface area contributed by atoms with Gasteiger partial charge in [0, 0.05) is 31.2 Å². The van der Waals surface area contributed by atoms with Gasteiger partial charge in [-0.3, -0.25) is 0 Å². The first-order chi connectivity index (χ1) is 7.83. The first-order valence-corrected chi connectivity index (χ1v) is 5.40. The van der Waals surface area contributed by atoms with E-state index in [1.165, 1.54) is 0 Å². The third-order valence-electron chi connectivity index (χ3n) is 2.50. The number of hydrogen-bond donors (Lipinski definition) is 2. The maximum atomic E-state index is 5.54. The van der Waals surface area contributed by atoms with Gasteiger partial charge in [-0.15, -0.1) is 0 Å². The van der Waals surface area contributed by atoms with Crippen molar-refractivity contribution in [2.45, 2.75) is 20.0 Å². The molecule has 0 fully saturated rings. The van der Waals surface area contributed by atoms with E-state index in [-0.39, 0.29) is 0 Å². The summed E-state index contributed by atoms with van der Waals surface area (Å²) in [5.41, 5.74) is 7.70. The van der Waals surface area contributed by atoms with Gasteiger partial charge in [-0.25, -0.2) is 4.98 Å². The third-order valence-corrected chi connectivity index (χ3v) is 2.50. The quantitative estimate of drug-likeness (QED) is 0.823. The number of hydrogen-bond acceptors (Lipinski definition) is 3. The highest BCUT2D eigenvalue weighted by molar-refractivity contribution is 5.54. The van der Waals surface area contributed by atoms with Crippen LogP contribution in [0, 0.1) is 0 Å². The summed E-state index contributed by atoms with van der Waals surface area (Å²) in [6.07, 6.45) is 3.75. The molecule has 0 radical (unpaired) electrons. The molecule has 16 heavy (non-hydrogen) atoms. The molecule has 2 rings (SSSR count). The minimum Gasteiger partial charge on any atom is -0.326 e. The molecule has 0 atom stereocenters. The standard InChI is InChI=1S/C12H16N4/c1-2-16-8-7-14-12(16)15-11-5-3-10(9-13)4-6-11/h3-8H,2,9,13H2,1H3,(H,14,15). The van der Waals surface area contributed by atoms with Crippen molar-refractivity contribution < 1.29 is 0 Å². The fraction of sp³-hybridized carbons (Fsp3) is 0.250. The van der Waals surface area contributed by atoms with Crippen LogP contribution in [0.3, 0.4) is 0 Å². The van der Waals surface area contributed by atoms with Crippen molar-refractivity contribution >= 4 is 11.6 Å². The van der Waals surface area contributed by atoms with Gasteiger partial charge in [-0.2, -0.15) is 0 Å². The molecule has 0 aliphatic rings. The van der Waals surface area contributed by atoms with Crippen LogP contribution in [0.15, 0.2) is 36.7 Å². The summed E-state index contributed by atoms with van der Waals surface area (Å²) in [6.45, 7) is 3.57. The smallest absolute Gasteiger partial charge is 0.207 e. The zero-order valence-corrected chi connectivity index (χ0v) is 9.35. The lowest BCUT2D eigenvalue weighted by atomic mass is 10.2. The molecule has 0 spiro atoms. The Morgan fingerprint density at radius 3 is 2.69 bits per heavy atom. The van der Waals surface area contributed by atoms with Gasteiger partial charge in [0.15, 0.2) is 0 Å². The van der Waals surface area contributed by atoms with E-state index in [2.05, 4.69) is 21.8 Å². The molecular formula is C12H16N4. The van der Waals surface area contributed by atoms with Gasteiger partial charge >= 0.3 is 0 Å². The van der Waals surface area contributed by atoms with Crippen molar-refractivity contribution in [3.05, 3.63) is 42.2 Å². The lowest BCUT2D eigenvalue weighted by molar-refractivity contribution is 0.772. The summed E-state index contributed by atoms with van der Waals surface area (Å²) in [5, 5.41) is 3.27. The number of anilines is 2. The van der Waals surface area contributed by atoms with Crippen LogP contribution in [0.25, 0.3) is 0 Å². The highest BCUT2D eigenvalue weighted by atomic mass is 15.2. The van der Waals surface area contributed by atoms with Crippen LogP contribution in [-0.4, -0.2) is 9.55 Å². The van der Waals surface area contributed by atoms with Crippen molar-refractivity contribution in [3.8, 4) is 0 Å². The van der Waals surface area contributed by atoms with Crippen LogP contribution >= 0.6 is 0 Å². The Bertz CT molecular complexity index is 444. The number of nitrogens with two attached hydrogens (primary N) is 1. The number of aromatic nitrogens is 2. The normalized spacial score (nSPS) is 10.4. The van der Waals surface area contributed by atoms with Crippen LogP contribution in [0.1, 0.15) is 12.5 Å². The number of benzene rings is 1. The molecule has 1 aromatic heterocycles. The molecule has 2 aromatic rings. The highest BCUT2D eigenvalue weighted by Gasteiger charge is 2.00. The van der Waals surface area contributed by atoms with E-state index in [0.29, 0.717) is 6.54 Å². The molecule has 0 saturated heterocycles. The highest BCUT2D eigenvalue weighted by Crippen LogP contribution is 2.15. The summed E-state index contributed by atoms with van der Waals surface area (Å²) >= 11 is 0. The number of aryl methyl sites for hydroxylation is 1. The Morgan fingerprint density at radius 1 is 1.31 bits per heavy atom. The van der Waals surface area contributed by atoms with Crippen molar-refractivity contribution in [3.63, 3.8) is 0 Å². The van der Waals surface area contributed by atoms with E-state index in [1.54, 1.807) is 6.20 Å². The number of nitrogens with one attached hydrogen (secondary N) is 1. The van der Waals surface area contributed by atoms with E-state index >= 15 is 0 Å². The van der Waals surface area contributed by atoms with Crippen molar-refractivity contribution in [1.29, 1.82) is 0 Å². The van der Waals surface area contributed by atoms with Crippen molar-refractivity contribution in [2.75, 3.05) is 5.32 Å². The van der Waals surface area contributed by atoms with E-state index in [9.17, 15) is 0 Å². The summed E-state index contributed by atoms with van der Waals surface area (Å²) < 4.78 is 2.05. The average Bonchev–Trinajstić information content (AvgIpc) is 2.77. The van der Waals surface area contributed by atoms with Crippen LogP contribution in [0.5, 0.6) is 0 Å².